The van der Waals surface area contributed by atoms with Gasteiger partial charge in [0, 0.05) is 5.88 Å². The average molecular weight is 289 g/mol. The lowest BCUT2D eigenvalue weighted by molar-refractivity contribution is 0.0598. The topological polar surface area (TPSA) is 50.1 Å². The SMILES string of the molecule is COC(=O)c1c(CCl)ccc(C#N)c1Br. The molecule has 5 heteroatoms. The van der Waals surface area contributed by atoms with Crippen LogP contribution in [0, 0.1) is 11.3 Å². The second-order valence-corrected chi connectivity index (χ2v) is 3.76. The Balaban J connectivity index is 3.44. The molecular weight excluding hydrogens is 281 g/mol. The highest BCUT2D eigenvalue weighted by molar-refractivity contribution is 9.10. The first-order chi connectivity index (χ1) is 7.15. The fraction of sp³-hybridized carbons (Fsp3) is 0.200. The van der Waals surface area contributed by atoms with E-state index < -0.39 is 5.97 Å². The highest BCUT2D eigenvalue weighted by Crippen LogP contribution is 2.26. The highest BCUT2D eigenvalue weighted by atomic mass is 79.9. The van der Waals surface area contributed by atoms with Crippen LogP contribution in [-0.4, -0.2) is 13.1 Å². The second-order valence-electron chi connectivity index (χ2n) is 2.70. The normalized spacial score (nSPS) is 9.47. The van der Waals surface area contributed by atoms with E-state index in [1.165, 1.54) is 7.11 Å². The Kier molecular flexibility index (Phi) is 4.13. The summed E-state index contributed by atoms with van der Waals surface area (Å²) < 4.78 is 5.05. The summed E-state index contributed by atoms with van der Waals surface area (Å²) in [4.78, 5) is 11.5. The Morgan fingerprint density at radius 1 is 1.67 bits per heavy atom. The zero-order valence-corrected chi connectivity index (χ0v) is 10.2. The van der Waals surface area contributed by atoms with Crippen LogP contribution in [0.15, 0.2) is 16.6 Å². The van der Waals surface area contributed by atoms with Crippen molar-refractivity contribution in [1.82, 2.24) is 0 Å². The van der Waals surface area contributed by atoms with E-state index in [-0.39, 0.29) is 5.88 Å². The van der Waals surface area contributed by atoms with Crippen molar-refractivity contribution >= 4 is 33.5 Å². The number of carbonyl (C=O) groups excluding carboxylic acids is 1. The predicted molar refractivity (Wildman–Crippen MR) is 59.8 cm³/mol. The number of halogens is 2. The van der Waals surface area contributed by atoms with Gasteiger partial charge >= 0.3 is 5.97 Å². The van der Waals surface area contributed by atoms with Gasteiger partial charge in [0.05, 0.1) is 22.7 Å². The maximum absolute atomic E-state index is 11.5. The lowest BCUT2D eigenvalue weighted by Crippen LogP contribution is -2.07. The molecule has 0 heterocycles. The maximum atomic E-state index is 11.5. The fourth-order valence-electron chi connectivity index (χ4n) is 1.14. The monoisotopic (exact) mass is 287 g/mol. The molecule has 0 fully saturated rings. The minimum atomic E-state index is -0.505. The number of hydrogen-bond donors (Lipinski definition) is 0. The number of hydrogen-bond acceptors (Lipinski definition) is 3. The molecule has 0 atom stereocenters. The maximum Gasteiger partial charge on any atom is 0.339 e. The van der Waals surface area contributed by atoms with Gasteiger partial charge in [-0.15, -0.1) is 11.6 Å². The molecule has 0 radical (unpaired) electrons. The predicted octanol–water partition coefficient (Wildman–Crippen LogP) is 2.85. The van der Waals surface area contributed by atoms with Crippen molar-refractivity contribution in [3.05, 3.63) is 33.3 Å². The first kappa shape index (κ1) is 12.0. The Morgan fingerprint density at radius 2 is 2.33 bits per heavy atom. The van der Waals surface area contributed by atoms with E-state index >= 15 is 0 Å². The molecule has 0 aliphatic rings. The molecule has 1 aromatic rings. The van der Waals surface area contributed by atoms with Crippen LogP contribution in [0.25, 0.3) is 0 Å². The van der Waals surface area contributed by atoms with E-state index in [0.717, 1.165) is 0 Å². The smallest absolute Gasteiger partial charge is 0.339 e. The van der Waals surface area contributed by atoms with Gasteiger partial charge in [0.2, 0.25) is 0 Å². The van der Waals surface area contributed by atoms with Crippen LogP contribution in [0.3, 0.4) is 0 Å². The number of nitrogens with zero attached hydrogens (tertiary/aromatic N) is 1. The third-order valence-electron chi connectivity index (χ3n) is 1.88. The first-order valence-electron chi connectivity index (χ1n) is 4.01. The summed E-state index contributed by atoms with van der Waals surface area (Å²) in [6, 6.07) is 5.22. The molecule has 0 aliphatic carbocycles. The number of esters is 1. The molecule has 0 bridgehead atoms. The Bertz CT molecular complexity index is 440. The minimum Gasteiger partial charge on any atom is -0.465 e. The Morgan fingerprint density at radius 3 is 2.80 bits per heavy atom. The average Bonchev–Trinajstić information content (AvgIpc) is 2.27. The molecular formula is C10H7BrClNO2. The third kappa shape index (κ3) is 2.31. The second kappa shape index (κ2) is 5.15. The molecule has 0 amide bonds. The molecule has 3 nitrogen and oxygen atoms in total. The molecule has 0 aliphatic heterocycles. The zero-order valence-electron chi connectivity index (χ0n) is 7.88. The number of nitriles is 1. The van der Waals surface area contributed by atoms with Gasteiger partial charge in [0.1, 0.15) is 6.07 Å². The van der Waals surface area contributed by atoms with E-state index in [1.54, 1.807) is 12.1 Å². The zero-order chi connectivity index (χ0) is 11.4. The molecule has 0 spiro atoms. The molecule has 0 saturated heterocycles. The molecule has 1 aromatic carbocycles. The van der Waals surface area contributed by atoms with Crippen LogP contribution >= 0.6 is 27.5 Å². The molecule has 0 unspecified atom stereocenters. The molecule has 15 heavy (non-hydrogen) atoms. The number of methoxy groups -OCH3 is 1. The third-order valence-corrected chi connectivity index (χ3v) is 2.99. The van der Waals surface area contributed by atoms with Crippen molar-refractivity contribution in [1.29, 1.82) is 5.26 Å². The first-order valence-corrected chi connectivity index (χ1v) is 5.34. The van der Waals surface area contributed by atoms with Crippen molar-refractivity contribution in [2.45, 2.75) is 5.88 Å². The van der Waals surface area contributed by atoms with E-state index in [9.17, 15) is 4.79 Å². The van der Waals surface area contributed by atoms with Gasteiger partial charge in [-0.25, -0.2) is 4.79 Å². The summed E-state index contributed by atoms with van der Waals surface area (Å²) in [5.41, 5.74) is 1.32. The van der Waals surface area contributed by atoms with Crippen LogP contribution in [0.1, 0.15) is 21.5 Å². The summed E-state index contributed by atoms with van der Waals surface area (Å²) in [6.45, 7) is 0. The number of rotatable bonds is 2. The number of ether oxygens (including phenoxy) is 1. The Labute approximate surface area is 101 Å². The van der Waals surface area contributed by atoms with Gasteiger partial charge in [-0.1, -0.05) is 6.07 Å². The van der Waals surface area contributed by atoms with Crippen LogP contribution in [-0.2, 0) is 10.6 Å². The molecule has 0 saturated carbocycles. The number of carbonyl (C=O) groups is 1. The van der Waals surface area contributed by atoms with Crippen LogP contribution in [0.5, 0.6) is 0 Å². The molecule has 78 valence electrons. The van der Waals surface area contributed by atoms with E-state index in [0.29, 0.717) is 21.2 Å². The summed E-state index contributed by atoms with van der Waals surface area (Å²) in [5, 5.41) is 8.80. The van der Waals surface area contributed by atoms with E-state index in [1.807, 2.05) is 6.07 Å². The summed E-state index contributed by atoms with van der Waals surface area (Å²) in [7, 11) is 1.28. The summed E-state index contributed by atoms with van der Waals surface area (Å²) >= 11 is 8.88. The van der Waals surface area contributed by atoms with Gasteiger partial charge in [0.15, 0.2) is 0 Å². The van der Waals surface area contributed by atoms with Crippen molar-refractivity contribution in [3.63, 3.8) is 0 Å². The van der Waals surface area contributed by atoms with Gasteiger partial charge in [-0.05, 0) is 27.6 Å². The van der Waals surface area contributed by atoms with Gasteiger partial charge < -0.3 is 4.74 Å². The van der Waals surface area contributed by atoms with Gasteiger partial charge in [-0.3, -0.25) is 0 Å². The highest BCUT2D eigenvalue weighted by Gasteiger charge is 2.18. The van der Waals surface area contributed by atoms with Crippen molar-refractivity contribution in [2.24, 2.45) is 0 Å². The lowest BCUT2D eigenvalue weighted by atomic mass is 10.1. The van der Waals surface area contributed by atoms with Gasteiger partial charge in [-0.2, -0.15) is 5.26 Å². The fourth-order valence-corrected chi connectivity index (χ4v) is 2.00. The summed E-state index contributed by atoms with van der Waals surface area (Å²) in [6.07, 6.45) is 0. The van der Waals surface area contributed by atoms with E-state index in [4.69, 9.17) is 16.9 Å². The molecule has 0 N–H and O–H groups in total. The lowest BCUT2D eigenvalue weighted by Gasteiger charge is -2.08. The number of benzene rings is 1. The van der Waals surface area contributed by atoms with E-state index in [2.05, 4.69) is 20.7 Å². The van der Waals surface area contributed by atoms with Crippen molar-refractivity contribution in [2.75, 3.05) is 7.11 Å². The minimum absolute atomic E-state index is 0.189. The summed E-state index contributed by atoms with van der Waals surface area (Å²) in [5.74, 6) is -0.316. The molecule has 0 aromatic heterocycles. The van der Waals surface area contributed by atoms with Crippen LogP contribution in [0.4, 0.5) is 0 Å². The standard InChI is InChI=1S/C10H7BrClNO2/c1-15-10(14)8-6(4-12)2-3-7(5-13)9(8)11/h2-3H,4H2,1H3. The van der Waals surface area contributed by atoms with Gasteiger partial charge in [0.25, 0.3) is 0 Å². The van der Waals surface area contributed by atoms with Crippen LogP contribution < -0.4 is 0 Å². The quantitative estimate of drug-likeness (QED) is 0.621. The number of alkyl halides is 1. The largest absolute Gasteiger partial charge is 0.465 e. The van der Waals surface area contributed by atoms with Crippen molar-refractivity contribution < 1.29 is 9.53 Å². The molecule has 1 rings (SSSR count). The van der Waals surface area contributed by atoms with Crippen molar-refractivity contribution in [3.8, 4) is 6.07 Å². The Hall–Kier alpha value is -1.05. The van der Waals surface area contributed by atoms with Crippen LogP contribution in [0.2, 0.25) is 0 Å².